The Hall–Kier alpha value is -3.30. The molecule has 2 heterocycles. The smallest absolute Gasteiger partial charge is 0.251 e. The molecule has 2 fully saturated rings. The van der Waals surface area contributed by atoms with Crippen molar-refractivity contribution in [1.29, 1.82) is 0 Å². The molecule has 1 saturated carbocycles. The molecule has 2 amide bonds. The zero-order valence-corrected chi connectivity index (χ0v) is 24.5. The lowest BCUT2D eigenvalue weighted by Crippen LogP contribution is -2.73. The molecule has 10 heteroatoms. The molecule has 0 bridgehead atoms. The van der Waals surface area contributed by atoms with Crippen LogP contribution >= 0.6 is 11.6 Å². The van der Waals surface area contributed by atoms with Gasteiger partial charge in [-0.05, 0) is 56.5 Å². The van der Waals surface area contributed by atoms with Gasteiger partial charge in [-0.2, -0.15) is 0 Å². The van der Waals surface area contributed by atoms with Gasteiger partial charge in [-0.25, -0.2) is 13.8 Å². The molecule has 7 nitrogen and oxygen atoms in total. The maximum absolute atomic E-state index is 14.4. The summed E-state index contributed by atoms with van der Waals surface area (Å²) in [5, 5.41) is 6.47. The number of carbonyl (C=O) groups is 2. The molecule has 0 atom stereocenters. The fraction of sp³-hybridized carbons (Fsp3) is 0.452. The zero-order valence-electron chi connectivity index (χ0n) is 23.7. The van der Waals surface area contributed by atoms with E-state index < -0.39 is 28.6 Å². The van der Waals surface area contributed by atoms with Gasteiger partial charge in [0.05, 0.1) is 30.2 Å². The number of carbonyl (C=O) groups excluding carboxylic acids is 2. The molecule has 220 valence electrons. The standard InChI is InChI=1S/C31H37ClF2N4O3/c1-20(14-26(41-4)24-12-11-22(33)15-25(24)34)29(40)37-31(18-38(19-31)23-8-6-5-7-9-23)16-28(39)36-30(2,3)21-10-13-27(32)35-17-21/h10-15,17,23H,1,5-9,16,18-19H2,2-4H3,(H,36,39)(H,37,40)/b26-14-. The number of amides is 2. The summed E-state index contributed by atoms with van der Waals surface area (Å²) in [6.45, 7) is 8.67. The van der Waals surface area contributed by atoms with E-state index in [0.717, 1.165) is 30.5 Å². The van der Waals surface area contributed by atoms with E-state index >= 15 is 0 Å². The van der Waals surface area contributed by atoms with Crippen LogP contribution in [0.2, 0.25) is 5.15 Å². The monoisotopic (exact) mass is 586 g/mol. The highest BCUT2D eigenvalue weighted by Crippen LogP contribution is 2.34. The third-order valence-electron chi connectivity index (χ3n) is 7.89. The topological polar surface area (TPSA) is 83.6 Å². The number of aromatic nitrogens is 1. The lowest BCUT2D eigenvalue weighted by atomic mass is 9.81. The minimum atomic E-state index is -0.819. The highest BCUT2D eigenvalue weighted by Gasteiger charge is 2.48. The van der Waals surface area contributed by atoms with Crippen LogP contribution in [0.25, 0.3) is 5.76 Å². The van der Waals surface area contributed by atoms with E-state index in [9.17, 15) is 18.4 Å². The number of nitrogens with zero attached hydrogens (tertiary/aromatic N) is 2. The van der Waals surface area contributed by atoms with Crippen molar-refractivity contribution in [3.05, 3.63) is 82.7 Å². The summed E-state index contributed by atoms with van der Waals surface area (Å²) in [5.41, 5.74) is -0.703. The lowest BCUT2D eigenvalue weighted by molar-refractivity contribution is -0.130. The number of rotatable bonds is 10. The predicted molar refractivity (Wildman–Crippen MR) is 155 cm³/mol. The van der Waals surface area contributed by atoms with Gasteiger partial charge in [0, 0.05) is 37.0 Å². The maximum atomic E-state index is 14.4. The third-order valence-corrected chi connectivity index (χ3v) is 8.12. The van der Waals surface area contributed by atoms with E-state index in [0.29, 0.717) is 24.3 Å². The van der Waals surface area contributed by atoms with Crippen LogP contribution in [0, 0.1) is 11.6 Å². The lowest BCUT2D eigenvalue weighted by Gasteiger charge is -2.54. The predicted octanol–water partition coefficient (Wildman–Crippen LogP) is 5.50. The highest BCUT2D eigenvalue weighted by atomic mass is 35.5. The number of halogens is 3. The van der Waals surface area contributed by atoms with Gasteiger partial charge >= 0.3 is 0 Å². The second kappa shape index (κ2) is 12.7. The molecule has 0 radical (unpaired) electrons. The second-order valence-corrected chi connectivity index (χ2v) is 11.9. The first-order valence-corrected chi connectivity index (χ1v) is 14.2. The SMILES string of the molecule is C=C(/C=C(\OC)c1ccc(F)cc1F)C(=O)NC1(CC(=O)NC(C)(C)c2ccc(Cl)nc2)CN(C2CCCCC2)C1. The summed E-state index contributed by atoms with van der Waals surface area (Å²) in [5.74, 6) is -2.23. The van der Waals surface area contributed by atoms with Crippen molar-refractivity contribution in [2.45, 2.75) is 69.5 Å². The molecule has 1 saturated heterocycles. The number of pyridine rings is 1. The Morgan fingerprint density at radius 3 is 2.51 bits per heavy atom. The quantitative estimate of drug-likeness (QED) is 0.166. The van der Waals surface area contributed by atoms with Gasteiger partial charge < -0.3 is 15.4 Å². The van der Waals surface area contributed by atoms with Crippen molar-refractivity contribution < 1.29 is 23.1 Å². The minimum absolute atomic E-state index is 0.00276. The Kier molecular flexibility index (Phi) is 9.49. The number of nitrogens with one attached hydrogen (secondary N) is 2. The van der Waals surface area contributed by atoms with Crippen molar-refractivity contribution in [3.8, 4) is 0 Å². The Morgan fingerprint density at radius 1 is 1.20 bits per heavy atom. The number of benzene rings is 1. The Morgan fingerprint density at radius 2 is 1.90 bits per heavy atom. The van der Waals surface area contributed by atoms with Gasteiger partial charge in [0.15, 0.2) is 0 Å². The van der Waals surface area contributed by atoms with Crippen molar-refractivity contribution in [2.24, 2.45) is 0 Å². The Bertz CT molecular complexity index is 1320. The van der Waals surface area contributed by atoms with Gasteiger partial charge in [-0.1, -0.05) is 43.5 Å². The van der Waals surface area contributed by atoms with Crippen molar-refractivity contribution >= 4 is 29.2 Å². The molecule has 1 aliphatic heterocycles. The average molecular weight is 587 g/mol. The van der Waals surface area contributed by atoms with Crippen LogP contribution < -0.4 is 10.6 Å². The zero-order chi connectivity index (χ0) is 29.8. The van der Waals surface area contributed by atoms with Crippen LogP contribution in [0.1, 0.15) is 63.5 Å². The number of methoxy groups -OCH3 is 1. The van der Waals surface area contributed by atoms with Gasteiger partial charge in [0.25, 0.3) is 5.91 Å². The summed E-state index contributed by atoms with van der Waals surface area (Å²) in [6.07, 6.45) is 8.78. The normalized spacial score (nSPS) is 17.9. The van der Waals surface area contributed by atoms with Crippen molar-refractivity contribution in [3.63, 3.8) is 0 Å². The van der Waals surface area contributed by atoms with Crippen molar-refractivity contribution in [2.75, 3.05) is 20.2 Å². The van der Waals surface area contributed by atoms with Crippen LogP contribution in [-0.4, -0.2) is 53.5 Å². The number of likely N-dealkylation sites (tertiary alicyclic amines) is 1. The minimum Gasteiger partial charge on any atom is -0.496 e. The van der Waals surface area contributed by atoms with Crippen molar-refractivity contribution in [1.82, 2.24) is 20.5 Å². The second-order valence-electron chi connectivity index (χ2n) is 11.5. The average Bonchev–Trinajstić information content (AvgIpc) is 2.90. The fourth-order valence-electron chi connectivity index (χ4n) is 5.67. The van der Waals surface area contributed by atoms with Crippen LogP contribution in [0.15, 0.2) is 54.8 Å². The van der Waals surface area contributed by atoms with E-state index in [-0.39, 0.29) is 29.2 Å². The first kappa shape index (κ1) is 30.7. The molecule has 2 aliphatic rings. The summed E-state index contributed by atoms with van der Waals surface area (Å²) >= 11 is 5.93. The third kappa shape index (κ3) is 7.51. The van der Waals surface area contributed by atoms with Crippen LogP contribution in [0.3, 0.4) is 0 Å². The largest absolute Gasteiger partial charge is 0.496 e. The van der Waals surface area contributed by atoms with Crippen LogP contribution in [0.4, 0.5) is 8.78 Å². The Balaban J connectivity index is 1.49. The molecule has 1 aromatic heterocycles. The number of ether oxygens (including phenoxy) is 1. The van der Waals surface area contributed by atoms with Gasteiger partial charge in [0.1, 0.15) is 22.5 Å². The first-order valence-electron chi connectivity index (χ1n) is 13.8. The fourth-order valence-corrected chi connectivity index (χ4v) is 5.78. The molecule has 2 aromatic rings. The van der Waals surface area contributed by atoms with Gasteiger partial charge in [0.2, 0.25) is 5.91 Å². The molecule has 1 aromatic carbocycles. The van der Waals surface area contributed by atoms with E-state index in [1.165, 1.54) is 38.5 Å². The molecule has 2 N–H and O–H groups in total. The molecule has 41 heavy (non-hydrogen) atoms. The summed E-state index contributed by atoms with van der Waals surface area (Å²) in [4.78, 5) is 33.2. The van der Waals surface area contributed by atoms with E-state index in [1.54, 1.807) is 12.3 Å². The molecule has 0 unspecified atom stereocenters. The number of hydrogen-bond donors (Lipinski definition) is 2. The van der Waals surface area contributed by atoms with Gasteiger partial charge in [-0.3, -0.25) is 14.5 Å². The van der Waals surface area contributed by atoms with Crippen LogP contribution in [0.5, 0.6) is 0 Å². The molecular weight excluding hydrogens is 550 g/mol. The number of hydrogen-bond acceptors (Lipinski definition) is 5. The summed E-state index contributed by atoms with van der Waals surface area (Å²) < 4.78 is 33.0. The summed E-state index contributed by atoms with van der Waals surface area (Å²) in [7, 11) is 1.33. The maximum Gasteiger partial charge on any atom is 0.251 e. The molecular formula is C31H37ClF2N4O3. The van der Waals surface area contributed by atoms with E-state index in [2.05, 4.69) is 27.1 Å². The van der Waals surface area contributed by atoms with Crippen LogP contribution in [-0.2, 0) is 19.9 Å². The van der Waals surface area contributed by atoms with Gasteiger partial charge in [-0.15, -0.1) is 0 Å². The molecule has 1 aliphatic carbocycles. The highest BCUT2D eigenvalue weighted by molar-refractivity contribution is 6.29. The first-order chi connectivity index (χ1) is 19.4. The van der Waals surface area contributed by atoms with E-state index in [1.807, 2.05) is 19.9 Å². The Labute approximate surface area is 245 Å². The molecule has 4 rings (SSSR count). The van der Waals surface area contributed by atoms with E-state index in [4.69, 9.17) is 16.3 Å². The summed E-state index contributed by atoms with van der Waals surface area (Å²) in [6, 6.07) is 7.01. The molecule has 0 spiro atoms.